The third-order valence-corrected chi connectivity index (χ3v) is 6.03. The second kappa shape index (κ2) is 10.1. The Balaban J connectivity index is 1.91. The first-order valence-electron chi connectivity index (χ1n) is 10.3. The Labute approximate surface area is 187 Å². The molecule has 0 atom stereocenters. The van der Waals surface area contributed by atoms with Crippen LogP contribution in [0, 0.1) is 0 Å². The minimum absolute atomic E-state index is 0.256. The van der Waals surface area contributed by atoms with E-state index in [4.69, 9.17) is 9.15 Å². The molecule has 9 nitrogen and oxygen atoms in total. The number of anilines is 1. The fraction of sp³-hybridized carbons (Fsp3) is 0.409. The summed E-state index contributed by atoms with van der Waals surface area (Å²) in [6.07, 6.45) is 0.536. The third-order valence-electron chi connectivity index (χ3n) is 5.24. The fourth-order valence-corrected chi connectivity index (χ4v) is 3.91. The van der Waals surface area contributed by atoms with Gasteiger partial charge >= 0.3 is 5.97 Å². The van der Waals surface area contributed by atoms with Gasteiger partial charge in [0.05, 0.1) is 23.3 Å². The summed E-state index contributed by atoms with van der Waals surface area (Å²) < 4.78 is 45.4. The highest BCUT2D eigenvalue weighted by Crippen LogP contribution is 2.27. The lowest BCUT2D eigenvalue weighted by Gasteiger charge is -2.23. The van der Waals surface area contributed by atoms with Crippen molar-refractivity contribution >= 4 is 32.9 Å². The van der Waals surface area contributed by atoms with E-state index in [0.29, 0.717) is 42.2 Å². The Morgan fingerprint density at radius 1 is 1.25 bits per heavy atom. The van der Waals surface area contributed by atoms with E-state index in [1.165, 1.54) is 7.11 Å². The summed E-state index contributed by atoms with van der Waals surface area (Å²) in [6, 6.07) is 11.3. The summed E-state index contributed by atoms with van der Waals surface area (Å²) in [5.74, 6) is -0.0478. The SMILES string of the molecule is CCN(CCCS(=O)(=O)[O-])c1ccc2nc3ccc(=[N+](C)CCC(=O)OC)cc-3oc2c1. The molecule has 10 heteroatoms. The predicted octanol–water partition coefficient (Wildman–Crippen LogP) is 1.66. The largest absolute Gasteiger partial charge is 0.748 e. The minimum Gasteiger partial charge on any atom is -0.748 e. The summed E-state index contributed by atoms with van der Waals surface area (Å²) in [5, 5.41) is 0.886. The molecule has 2 aliphatic rings. The summed E-state index contributed by atoms with van der Waals surface area (Å²) in [6.45, 7) is 3.57. The number of benzene rings is 2. The smallest absolute Gasteiger partial charge is 0.311 e. The topological polar surface area (TPSA) is 116 Å². The van der Waals surface area contributed by atoms with Crippen LogP contribution in [-0.4, -0.2) is 63.5 Å². The molecular weight excluding hydrogens is 434 g/mol. The lowest BCUT2D eigenvalue weighted by Crippen LogP contribution is -2.28. The molecule has 1 heterocycles. The lowest BCUT2D eigenvalue weighted by atomic mass is 10.2. The van der Waals surface area contributed by atoms with E-state index in [9.17, 15) is 17.8 Å². The van der Waals surface area contributed by atoms with Gasteiger partial charge in [-0.15, -0.1) is 0 Å². The van der Waals surface area contributed by atoms with Gasteiger partial charge < -0.3 is 18.6 Å². The number of rotatable bonds is 9. The number of hydrogen-bond donors (Lipinski definition) is 0. The van der Waals surface area contributed by atoms with E-state index in [1.54, 1.807) is 0 Å². The zero-order valence-electron chi connectivity index (χ0n) is 18.4. The summed E-state index contributed by atoms with van der Waals surface area (Å²) in [5.41, 5.74) is 2.87. The molecule has 0 unspecified atom stereocenters. The number of aromatic nitrogens is 1. The van der Waals surface area contributed by atoms with Crippen LogP contribution < -0.4 is 14.8 Å². The van der Waals surface area contributed by atoms with Gasteiger partial charge in [0.15, 0.2) is 17.9 Å². The zero-order valence-corrected chi connectivity index (χ0v) is 19.2. The first-order chi connectivity index (χ1) is 15.2. The Morgan fingerprint density at radius 3 is 2.72 bits per heavy atom. The molecule has 0 saturated heterocycles. The second-order valence-electron chi connectivity index (χ2n) is 7.46. The van der Waals surface area contributed by atoms with Gasteiger partial charge in [0.25, 0.3) is 0 Å². The quantitative estimate of drug-likeness (QED) is 0.204. The maximum atomic E-state index is 11.4. The molecule has 0 radical (unpaired) electrons. The molecule has 1 aromatic carbocycles. The van der Waals surface area contributed by atoms with Crippen molar-refractivity contribution in [1.29, 1.82) is 0 Å². The van der Waals surface area contributed by atoms with Crippen LogP contribution in [0.4, 0.5) is 5.69 Å². The number of fused-ring (bicyclic) bond motifs is 2. The average Bonchev–Trinajstić information content (AvgIpc) is 2.77. The van der Waals surface area contributed by atoms with Gasteiger partial charge in [-0.25, -0.2) is 18.0 Å². The van der Waals surface area contributed by atoms with E-state index in [0.717, 1.165) is 11.0 Å². The Morgan fingerprint density at radius 2 is 2.03 bits per heavy atom. The van der Waals surface area contributed by atoms with Crippen molar-refractivity contribution in [2.75, 3.05) is 44.4 Å². The number of nitrogens with zero attached hydrogens (tertiary/aromatic N) is 3. The van der Waals surface area contributed by atoms with Crippen molar-refractivity contribution in [2.45, 2.75) is 19.8 Å². The van der Waals surface area contributed by atoms with E-state index < -0.39 is 10.1 Å². The Hall–Kier alpha value is -2.98. The van der Waals surface area contributed by atoms with Crippen molar-refractivity contribution in [3.05, 3.63) is 41.8 Å². The highest BCUT2D eigenvalue weighted by atomic mass is 32.2. The normalized spacial score (nSPS) is 12.8. The molecule has 172 valence electrons. The summed E-state index contributed by atoms with van der Waals surface area (Å²) in [7, 11) is -0.970. The van der Waals surface area contributed by atoms with Gasteiger partial charge in [0.1, 0.15) is 24.7 Å². The Bertz CT molecular complexity index is 1250. The molecule has 1 aliphatic heterocycles. The van der Waals surface area contributed by atoms with Gasteiger partial charge in [0, 0.05) is 36.7 Å². The molecule has 3 rings (SSSR count). The highest BCUT2D eigenvalue weighted by Gasteiger charge is 2.14. The molecular formula is C22H27N3O6S. The van der Waals surface area contributed by atoms with E-state index in [1.807, 2.05) is 59.8 Å². The summed E-state index contributed by atoms with van der Waals surface area (Å²) >= 11 is 0. The molecule has 0 amide bonds. The zero-order chi connectivity index (χ0) is 23.3. The molecule has 0 bridgehead atoms. The molecule has 0 spiro atoms. The maximum absolute atomic E-state index is 11.4. The lowest BCUT2D eigenvalue weighted by molar-refractivity contribution is -0.140. The van der Waals surface area contributed by atoms with Gasteiger partial charge in [0.2, 0.25) is 5.36 Å². The standard InChI is InChI=1S/C22H27N3O6S/c1-4-25(11-5-13-32(27,28)29)17-7-9-19-21(15-17)31-20-14-16(6-8-18(20)23-19)24(2)12-10-22(26)30-3/h6-9,14-15H,4-5,10-13H2,1-3H3. The van der Waals surface area contributed by atoms with E-state index in [2.05, 4.69) is 4.98 Å². The van der Waals surface area contributed by atoms with Crippen LogP contribution in [0.1, 0.15) is 19.8 Å². The van der Waals surface area contributed by atoms with Gasteiger partial charge in [-0.05, 0) is 31.5 Å². The van der Waals surface area contributed by atoms with Crippen LogP contribution in [0.2, 0.25) is 0 Å². The van der Waals surface area contributed by atoms with Crippen LogP contribution in [-0.2, 0) is 19.6 Å². The fourth-order valence-electron chi connectivity index (χ4n) is 3.43. The third kappa shape index (κ3) is 6.04. The van der Waals surface area contributed by atoms with E-state index >= 15 is 0 Å². The highest BCUT2D eigenvalue weighted by molar-refractivity contribution is 7.85. The number of esters is 1. The van der Waals surface area contributed by atoms with Gasteiger partial charge in [-0.2, -0.15) is 0 Å². The molecule has 0 N–H and O–H groups in total. The molecule has 1 aromatic rings. The minimum atomic E-state index is -4.23. The molecule has 0 aromatic heterocycles. The monoisotopic (exact) mass is 461 g/mol. The van der Waals surface area contributed by atoms with Crippen LogP contribution in [0.15, 0.2) is 40.8 Å². The number of ether oxygens (including phenoxy) is 1. The average molecular weight is 462 g/mol. The summed E-state index contributed by atoms with van der Waals surface area (Å²) in [4.78, 5) is 18.1. The number of carbonyl (C=O) groups is 1. The first kappa shape index (κ1) is 23.7. The van der Waals surface area contributed by atoms with Crippen LogP contribution in [0.3, 0.4) is 0 Å². The molecule has 0 saturated carbocycles. The number of methoxy groups -OCH3 is 1. The van der Waals surface area contributed by atoms with Crippen molar-refractivity contribution in [1.82, 2.24) is 9.56 Å². The van der Waals surface area contributed by atoms with Gasteiger partial charge in [-0.1, -0.05) is 0 Å². The van der Waals surface area contributed by atoms with Crippen molar-refractivity contribution in [2.24, 2.45) is 0 Å². The number of hydrogen-bond acceptors (Lipinski definition) is 8. The molecule has 0 fully saturated rings. The maximum Gasteiger partial charge on any atom is 0.311 e. The van der Waals surface area contributed by atoms with Crippen LogP contribution in [0.25, 0.3) is 22.6 Å². The Kier molecular flexibility index (Phi) is 7.47. The second-order valence-corrected chi connectivity index (χ2v) is 8.98. The van der Waals surface area contributed by atoms with Crippen LogP contribution >= 0.6 is 0 Å². The van der Waals surface area contributed by atoms with Crippen molar-refractivity contribution in [3.63, 3.8) is 0 Å². The molecule has 1 aliphatic carbocycles. The predicted molar refractivity (Wildman–Crippen MR) is 120 cm³/mol. The van der Waals surface area contributed by atoms with Crippen LogP contribution in [0.5, 0.6) is 0 Å². The van der Waals surface area contributed by atoms with Crippen molar-refractivity contribution < 1.29 is 26.9 Å². The van der Waals surface area contributed by atoms with E-state index in [-0.39, 0.29) is 24.6 Å². The number of carbonyl (C=O) groups excluding carboxylic acids is 1. The first-order valence-corrected chi connectivity index (χ1v) is 11.9. The van der Waals surface area contributed by atoms with Gasteiger partial charge in [-0.3, -0.25) is 4.79 Å². The van der Waals surface area contributed by atoms with Crippen molar-refractivity contribution in [3.8, 4) is 11.5 Å². The molecule has 32 heavy (non-hydrogen) atoms.